The second-order valence-corrected chi connectivity index (χ2v) is 18.2. The van der Waals surface area contributed by atoms with Crippen LogP contribution in [-0.4, -0.2) is 137 Å². The predicted molar refractivity (Wildman–Crippen MR) is 232 cm³/mol. The fraction of sp³-hybridized carbons (Fsp3) is 0.674. The summed E-state index contributed by atoms with van der Waals surface area (Å²) >= 11 is 0. The van der Waals surface area contributed by atoms with Crippen molar-refractivity contribution in [2.45, 2.75) is 154 Å². The number of amides is 2. The van der Waals surface area contributed by atoms with Crippen molar-refractivity contribution >= 4 is 23.8 Å². The second kappa shape index (κ2) is 21.5. The van der Waals surface area contributed by atoms with Crippen LogP contribution in [0.5, 0.6) is 0 Å². The third kappa shape index (κ3) is 12.9. The number of nitrogens with one attached hydrogen (secondary N) is 2. The number of para-hydroxylation sites is 1. The maximum Gasteiger partial charge on any atom is 0.411 e. The van der Waals surface area contributed by atoms with E-state index >= 15 is 0 Å². The number of anilines is 1. The minimum absolute atomic E-state index is 0.140. The summed E-state index contributed by atoms with van der Waals surface area (Å²) in [5, 5.41) is 42.2. The van der Waals surface area contributed by atoms with Crippen LogP contribution in [-0.2, 0) is 35.0 Å². The number of likely N-dealkylation sites (N-methyl/N-ethyl adjacent to an activating group) is 2. The predicted octanol–water partition coefficient (Wildman–Crippen LogP) is 5.47. The number of carbonyl (C=O) groups excluding carboxylic acids is 3. The van der Waals surface area contributed by atoms with E-state index in [2.05, 4.69) is 10.6 Å². The second-order valence-electron chi connectivity index (χ2n) is 18.2. The lowest BCUT2D eigenvalue weighted by atomic mass is 9.77. The molecule has 342 valence electrons. The van der Waals surface area contributed by atoms with E-state index in [1.165, 1.54) is 6.92 Å². The zero-order valence-electron chi connectivity index (χ0n) is 38.2. The minimum atomic E-state index is -1.92. The van der Waals surface area contributed by atoms with Crippen LogP contribution in [0.2, 0.25) is 0 Å². The van der Waals surface area contributed by atoms with Crippen molar-refractivity contribution in [3.8, 4) is 0 Å². The molecule has 2 heterocycles. The van der Waals surface area contributed by atoms with Gasteiger partial charge in [0.05, 0.1) is 23.7 Å². The molecule has 2 aromatic carbocycles. The first kappa shape index (κ1) is 49.8. The molecule has 2 aromatic rings. The number of hydrogen-bond acceptors (Lipinski definition) is 13. The van der Waals surface area contributed by atoms with Crippen molar-refractivity contribution in [1.29, 1.82) is 0 Å². The molecule has 2 aliphatic rings. The van der Waals surface area contributed by atoms with Crippen molar-refractivity contribution < 1.29 is 53.4 Å². The number of ether oxygens (including phenoxy) is 5. The Bertz CT molecular complexity index is 1730. The number of hydrogen-bond donors (Lipinski definition) is 5. The van der Waals surface area contributed by atoms with E-state index in [0.29, 0.717) is 18.7 Å². The van der Waals surface area contributed by atoms with E-state index in [4.69, 9.17) is 23.7 Å². The number of alkyl carbamates (subject to hydrolysis) is 1. The van der Waals surface area contributed by atoms with E-state index in [1.807, 2.05) is 101 Å². The average molecular weight is 857 g/mol. The lowest BCUT2D eigenvalue weighted by Crippen LogP contribution is -2.61. The summed E-state index contributed by atoms with van der Waals surface area (Å²) in [6.07, 6.45) is -8.21. The number of aryl methyl sites for hydroxylation is 1. The normalized spacial score (nSPS) is 35.9. The van der Waals surface area contributed by atoms with E-state index in [-0.39, 0.29) is 37.5 Å². The molecule has 2 fully saturated rings. The van der Waals surface area contributed by atoms with Crippen molar-refractivity contribution in [3.63, 3.8) is 0 Å². The molecule has 2 aliphatic heterocycles. The number of carbonyl (C=O) groups is 3. The molecule has 2 saturated heterocycles. The van der Waals surface area contributed by atoms with Crippen LogP contribution in [0, 0.1) is 24.7 Å². The molecule has 15 nitrogen and oxygen atoms in total. The van der Waals surface area contributed by atoms with Crippen molar-refractivity contribution in [1.82, 2.24) is 15.1 Å². The monoisotopic (exact) mass is 857 g/mol. The Morgan fingerprint density at radius 3 is 2.21 bits per heavy atom. The minimum Gasteiger partial charge on any atom is -0.459 e. The summed E-state index contributed by atoms with van der Waals surface area (Å²) in [5.41, 5.74) is -1.44. The molecule has 0 unspecified atom stereocenters. The first-order valence-electron chi connectivity index (χ1n) is 21.6. The Labute approximate surface area is 362 Å². The molecule has 0 aromatic heterocycles. The van der Waals surface area contributed by atoms with Gasteiger partial charge in [0.15, 0.2) is 12.4 Å². The van der Waals surface area contributed by atoms with Gasteiger partial charge in [0.2, 0.25) is 0 Å². The number of cyclic esters (lactones) is 1. The molecular weight excluding hydrogens is 785 g/mol. The van der Waals surface area contributed by atoms with Gasteiger partial charge in [-0.3, -0.25) is 15.0 Å². The van der Waals surface area contributed by atoms with E-state index in [1.54, 1.807) is 39.8 Å². The van der Waals surface area contributed by atoms with Gasteiger partial charge in [-0.05, 0) is 105 Å². The fourth-order valence-corrected chi connectivity index (χ4v) is 9.04. The summed E-state index contributed by atoms with van der Waals surface area (Å²) < 4.78 is 31.3. The van der Waals surface area contributed by atoms with Crippen LogP contribution in [0.25, 0.3) is 0 Å². The van der Waals surface area contributed by atoms with E-state index in [9.17, 15) is 29.7 Å². The molecule has 5 N–H and O–H groups in total. The zero-order valence-corrected chi connectivity index (χ0v) is 38.2. The highest BCUT2D eigenvalue weighted by Gasteiger charge is 2.52. The number of nitrogens with zero attached hydrogens (tertiary/aromatic N) is 2. The summed E-state index contributed by atoms with van der Waals surface area (Å²) in [5.74, 6) is -3.15. The molecule has 14 atom stereocenters. The summed E-state index contributed by atoms with van der Waals surface area (Å²) in [7, 11) is 5.56. The van der Waals surface area contributed by atoms with Gasteiger partial charge in [-0.15, -0.1) is 0 Å². The molecular formula is C46H72N4O11. The molecule has 2 amide bonds. The van der Waals surface area contributed by atoms with Crippen LogP contribution in [0.3, 0.4) is 0 Å². The van der Waals surface area contributed by atoms with Gasteiger partial charge >= 0.3 is 18.2 Å². The van der Waals surface area contributed by atoms with Crippen LogP contribution < -0.4 is 10.6 Å². The van der Waals surface area contributed by atoms with Crippen molar-refractivity contribution in [3.05, 3.63) is 65.7 Å². The van der Waals surface area contributed by atoms with Gasteiger partial charge in [0, 0.05) is 36.8 Å². The van der Waals surface area contributed by atoms with Crippen LogP contribution in [0.15, 0.2) is 54.6 Å². The number of aliphatic hydroxyl groups excluding tert-OH is 1. The maximum absolute atomic E-state index is 14.5. The molecule has 0 spiro atoms. The van der Waals surface area contributed by atoms with Gasteiger partial charge in [-0.25, -0.2) is 9.59 Å². The Morgan fingerprint density at radius 1 is 0.951 bits per heavy atom. The molecule has 0 radical (unpaired) electrons. The third-order valence-corrected chi connectivity index (χ3v) is 12.5. The van der Waals surface area contributed by atoms with Crippen LogP contribution in [0.4, 0.5) is 15.3 Å². The van der Waals surface area contributed by atoms with Gasteiger partial charge in [-0.2, -0.15) is 0 Å². The van der Waals surface area contributed by atoms with E-state index in [0.717, 1.165) is 11.1 Å². The first-order chi connectivity index (χ1) is 28.6. The SMILES string of the molecule is CC[C@H]1OC(=O)[C@H](C)[C@@H](OC(=O)Nc2ccccc2C)[C@H](C)[C@@H](O[C@@H]2O[C@H](C)C[C@H](N(C)C)[C@H]2O)[C@](C)(O)C[C@@H](C)CN(C)[C@H](C)[C@@H](OC(=O)NCc2ccccc2)[C@]1(C)O. The molecule has 15 heteroatoms. The average Bonchev–Trinajstić information content (AvgIpc) is 3.19. The Hall–Kier alpha value is -3.83. The molecule has 0 bridgehead atoms. The Balaban J connectivity index is 1.78. The quantitative estimate of drug-likeness (QED) is 0.158. The lowest BCUT2D eigenvalue weighted by Gasteiger charge is -2.47. The topological polar surface area (TPSA) is 189 Å². The van der Waals surface area contributed by atoms with Gasteiger partial charge in [0.1, 0.15) is 23.9 Å². The standard InChI is InChI=1S/C46H72N4O11/c1-13-36-46(9,56)40(61-43(53)47-25-33-20-15-14-16-21-33)32(7)50(12)26-27(2)24-45(8,55)39(60-42-37(51)35(49(10)11)23-29(4)57-42)30(5)38(31(6)41(52)58-36)59-44(54)48-34-22-18-17-19-28(34)3/h14-22,27,29-32,35-40,42,51,55-56H,13,23-26H2,1-12H3,(H,47,53)(H,48,54)/t27-,29-,30+,31-,32-,35+,36-,37-,38+,39-,40-,42+,45-,46-/m1/s1. The molecule has 61 heavy (non-hydrogen) atoms. The number of aliphatic hydroxyl groups is 3. The first-order valence-corrected chi connectivity index (χ1v) is 21.6. The highest BCUT2D eigenvalue weighted by Crippen LogP contribution is 2.38. The highest BCUT2D eigenvalue weighted by atomic mass is 16.7. The van der Waals surface area contributed by atoms with Gasteiger partial charge < -0.3 is 49.2 Å². The number of esters is 1. The smallest absolute Gasteiger partial charge is 0.411 e. The maximum atomic E-state index is 14.5. The van der Waals surface area contributed by atoms with Crippen molar-refractivity contribution in [2.75, 3.05) is 33.0 Å². The number of rotatable bonds is 9. The van der Waals surface area contributed by atoms with Gasteiger partial charge in [0.25, 0.3) is 0 Å². The summed E-state index contributed by atoms with van der Waals surface area (Å²) in [6.45, 7) is 16.2. The van der Waals surface area contributed by atoms with Crippen molar-refractivity contribution in [2.24, 2.45) is 17.8 Å². The lowest BCUT2D eigenvalue weighted by molar-refractivity contribution is -0.299. The van der Waals surface area contributed by atoms with E-state index < -0.39 is 84.0 Å². The largest absolute Gasteiger partial charge is 0.459 e. The summed E-state index contributed by atoms with van der Waals surface area (Å²) in [4.78, 5) is 45.5. The van der Waals surface area contributed by atoms with Gasteiger partial charge in [-0.1, -0.05) is 69.3 Å². The van der Waals surface area contributed by atoms with Crippen LogP contribution in [0.1, 0.15) is 85.8 Å². The van der Waals surface area contributed by atoms with Crippen LogP contribution >= 0.6 is 0 Å². The highest BCUT2D eigenvalue weighted by molar-refractivity contribution is 5.86. The molecule has 0 aliphatic carbocycles. The summed E-state index contributed by atoms with van der Waals surface area (Å²) in [6, 6.07) is 15.6. The number of benzene rings is 2. The Morgan fingerprint density at radius 2 is 1.59 bits per heavy atom. The molecule has 4 rings (SSSR count). The molecule has 0 saturated carbocycles. The third-order valence-electron chi connectivity index (χ3n) is 12.5. The fourth-order valence-electron chi connectivity index (χ4n) is 9.04. The zero-order chi connectivity index (χ0) is 45.4. The Kier molecular flexibility index (Phi) is 17.6.